The molecular weight excluding hydrogens is 218 g/mol. The maximum Gasteiger partial charge on any atom is 0.240 e. The SMILES string of the molecule is CCC(C#N)(CC)C(=O)NCC(=O)NC1CC1. The summed E-state index contributed by atoms with van der Waals surface area (Å²) < 4.78 is 0. The Hall–Kier alpha value is -1.57. The average Bonchev–Trinajstić information content (AvgIpc) is 3.13. The topological polar surface area (TPSA) is 82.0 Å². The van der Waals surface area contributed by atoms with Gasteiger partial charge < -0.3 is 10.6 Å². The lowest BCUT2D eigenvalue weighted by molar-refractivity contribution is -0.131. The molecule has 94 valence electrons. The predicted molar refractivity (Wildman–Crippen MR) is 62.8 cm³/mol. The van der Waals surface area contributed by atoms with Crippen LogP contribution in [0.25, 0.3) is 0 Å². The molecule has 0 spiro atoms. The number of hydrogen-bond donors (Lipinski definition) is 2. The summed E-state index contributed by atoms with van der Waals surface area (Å²) in [6.07, 6.45) is 2.95. The highest BCUT2D eigenvalue weighted by Gasteiger charge is 2.35. The number of carbonyl (C=O) groups is 2. The van der Waals surface area contributed by atoms with E-state index in [0.29, 0.717) is 12.8 Å². The van der Waals surface area contributed by atoms with E-state index in [2.05, 4.69) is 10.6 Å². The van der Waals surface area contributed by atoms with Crippen molar-refractivity contribution in [2.75, 3.05) is 6.54 Å². The molecule has 0 atom stereocenters. The predicted octanol–water partition coefficient (Wildman–Crippen LogP) is 0.711. The van der Waals surface area contributed by atoms with Gasteiger partial charge in [0.1, 0.15) is 5.41 Å². The quantitative estimate of drug-likeness (QED) is 0.713. The van der Waals surface area contributed by atoms with E-state index in [1.165, 1.54) is 0 Å². The summed E-state index contributed by atoms with van der Waals surface area (Å²) in [4.78, 5) is 23.2. The molecule has 0 aromatic carbocycles. The third-order valence-electron chi connectivity index (χ3n) is 3.21. The minimum absolute atomic E-state index is 0.0429. The van der Waals surface area contributed by atoms with Crippen LogP contribution in [0.5, 0.6) is 0 Å². The molecular formula is C12H19N3O2. The lowest BCUT2D eigenvalue weighted by atomic mass is 9.83. The van der Waals surface area contributed by atoms with Gasteiger partial charge in [0.15, 0.2) is 0 Å². The van der Waals surface area contributed by atoms with Crippen molar-refractivity contribution in [1.29, 1.82) is 5.26 Å². The van der Waals surface area contributed by atoms with Crippen LogP contribution in [0.15, 0.2) is 0 Å². The standard InChI is InChI=1S/C12H19N3O2/c1-3-12(4-2,8-13)11(17)14-7-10(16)15-9-5-6-9/h9H,3-7H2,1-2H3,(H,14,17)(H,15,16). The molecule has 2 N–H and O–H groups in total. The largest absolute Gasteiger partial charge is 0.352 e. The molecule has 1 fully saturated rings. The number of nitriles is 1. The van der Waals surface area contributed by atoms with Crippen LogP contribution >= 0.6 is 0 Å². The van der Waals surface area contributed by atoms with E-state index in [1.807, 2.05) is 6.07 Å². The van der Waals surface area contributed by atoms with E-state index in [1.54, 1.807) is 13.8 Å². The first-order valence-corrected chi connectivity index (χ1v) is 6.07. The maximum absolute atomic E-state index is 11.9. The third kappa shape index (κ3) is 3.45. The van der Waals surface area contributed by atoms with E-state index in [-0.39, 0.29) is 24.4 Å². The highest BCUT2D eigenvalue weighted by atomic mass is 16.2. The van der Waals surface area contributed by atoms with Crippen molar-refractivity contribution < 1.29 is 9.59 Å². The minimum atomic E-state index is -1.00. The fourth-order valence-electron chi connectivity index (χ4n) is 1.62. The molecule has 17 heavy (non-hydrogen) atoms. The van der Waals surface area contributed by atoms with E-state index >= 15 is 0 Å². The summed E-state index contributed by atoms with van der Waals surface area (Å²) in [6, 6.07) is 2.34. The van der Waals surface area contributed by atoms with Crippen molar-refractivity contribution in [3.05, 3.63) is 0 Å². The fraction of sp³-hybridized carbons (Fsp3) is 0.750. The van der Waals surface area contributed by atoms with Gasteiger partial charge in [-0.1, -0.05) is 13.8 Å². The molecule has 0 aromatic heterocycles. The fourth-order valence-corrected chi connectivity index (χ4v) is 1.62. The monoisotopic (exact) mass is 237 g/mol. The van der Waals surface area contributed by atoms with Gasteiger partial charge in [-0.15, -0.1) is 0 Å². The Balaban J connectivity index is 2.41. The number of amides is 2. The number of carbonyl (C=O) groups excluding carboxylic acids is 2. The summed E-state index contributed by atoms with van der Waals surface area (Å²) >= 11 is 0. The van der Waals surface area contributed by atoms with Crippen molar-refractivity contribution >= 4 is 11.8 Å². The lowest BCUT2D eigenvalue weighted by Crippen LogP contribution is -2.44. The molecule has 0 saturated heterocycles. The van der Waals surface area contributed by atoms with E-state index < -0.39 is 5.41 Å². The van der Waals surface area contributed by atoms with Crippen LogP contribution in [-0.2, 0) is 9.59 Å². The molecule has 0 aliphatic heterocycles. The average molecular weight is 237 g/mol. The maximum atomic E-state index is 11.9. The number of hydrogen-bond acceptors (Lipinski definition) is 3. The zero-order chi connectivity index (χ0) is 12.9. The first-order valence-electron chi connectivity index (χ1n) is 6.07. The Morgan fingerprint density at radius 3 is 2.35 bits per heavy atom. The van der Waals surface area contributed by atoms with Crippen molar-refractivity contribution in [2.45, 2.75) is 45.6 Å². The van der Waals surface area contributed by atoms with Crippen LogP contribution in [0.3, 0.4) is 0 Å². The number of nitrogens with one attached hydrogen (secondary N) is 2. The molecule has 0 aromatic rings. The van der Waals surface area contributed by atoms with Crippen LogP contribution < -0.4 is 10.6 Å². The smallest absolute Gasteiger partial charge is 0.240 e. The second-order valence-corrected chi connectivity index (χ2v) is 4.43. The first kappa shape index (κ1) is 13.5. The van der Waals surface area contributed by atoms with Crippen LogP contribution in [0.4, 0.5) is 0 Å². The number of rotatable bonds is 6. The molecule has 1 rings (SSSR count). The molecule has 5 nitrogen and oxygen atoms in total. The van der Waals surface area contributed by atoms with Crippen LogP contribution in [0.2, 0.25) is 0 Å². The van der Waals surface area contributed by atoms with Gasteiger partial charge in [-0.25, -0.2) is 0 Å². The summed E-state index contributed by atoms with van der Waals surface area (Å²) in [6.45, 7) is 3.56. The van der Waals surface area contributed by atoms with Gasteiger partial charge in [0.2, 0.25) is 11.8 Å². The lowest BCUT2D eigenvalue weighted by Gasteiger charge is -2.21. The highest BCUT2D eigenvalue weighted by molar-refractivity contribution is 5.89. The summed E-state index contributed by atoms with van der Waals surface area (Å²) in [5.74, 6) is -0.532. The van der Waals surface area contributed by atoms with Gasteiger partial charge in [-0.05, 0) is 25.7 Å². The van der Waals surface area contributed by atoms with E-state index in [9.17, 15) is 9.59 Å². The van der Waals surface area contributed by atoms with Crippen LogP contribution in [0, 0.1) is 16.7 Å². The Bertz CT molecular complexity index is 338. The van der Waals surface area contributed by atoms with Gasteiger partial charge in [-0.3, -0.25) is 9.59 Å². The first-order chi connectivity index (χ1) is 8.07. The molecule has 0 bridgehead atoms. The van der Waals surface area contributed by atoms with Crippen molar-refractivity contribution in [3.8, 4) is 6.07 Å². The molecule has 2 amide bonds. The molecule has 1 saturated carbocycles. The van der Waals surface area contributed by atoms with E-state index in [0.717, 1.165) is 12.8 Å². The van der Waals surface area contributed by atoms with Crippen LogP contribution in [0.1, 0.15) is 39.5 Å². The zero-order valence-electron chi connectivity index (χ0n) is 10.4. The summed E-state index contributed by atoms with van der Waals surface area (Å²) in [7, 11) is 0. The highest BCUT2D eigenvalue weighted by Crippen LogP contribution is 2.25. The van der Waals surface area contributed by atoms with Gasteiger partial charge in [0.25, 0.3) is 0 Å². The molecule has 0 heterocycles. The summed E-state index contributed by atoms with van der Waals surface area (Å²) in [5, 5.41) is 14.4. The van der Waals surface area contributed by atoms with Gasteiger partial charge in [0, 0.05) is 6.04 Å². The molecule has 1 aliphatic carbocycles. The van der Waals surface area contributed by atoms with Gasteiger partial charge >= 0.3 is 0 Å². The minimum Gasteiger partial charge on any atom is -0.352 e. The molecule has 0 radical (unpaired) electrons. The third-order valence-corrected chi connectivity index (χ3v) is 3.21. The Morgan fingerprint density at radius 1 is 1.35 bits per heavy atom. The molecule has 1 aliphatic rings. The van der Waals surface area contributed by atoms with Crippen LogP contribution in [-0.4, -0.2) is 24.4 Å². The molecule has 0 unspecified atom stereocenters. The normalized spacial score (nSPS) is 14.9. The second kappa shape index (κ2) is 5.67. The van der Waals surface area contributed by atoms with Crippen molar-refractivity contribution in [1.82, 2.24) is 10.6 Å². The Kier molecular flexibility index (Phi) is 4.50. The Morgan fingerprint density at radius 2 is 1.94 bits per heavy atom. The van der Waals surface area contributed by atoms with Gasteiger partial charge in [-0.2, -0.15) is 5.26 Å². The van der Waals surface area contributed by atoms with E-state index in [4.69, 9.17) is 5.26 Å². The van der Waals surface area contributed by atoms with Crippen molar-refractivity contribution in [2.24, 2.45) is 5.41 Å². The summed E-state index contributed by atoms with van der Waals surface area (Å²) in [5.41, 5.74) is -1.00. The zero-order valence-corrected chi connectivity index (χ0v) is 10.4. The second-order valence-electron chi connectivity index (χ2n) is 4.43. The van der Waals surface area contributed by atoms with Crippen molar-refractivity contribution in [3.63, 3.8) is 0 Å². The molecule has 5 heteroatoms. The number of nitrogens with zero attached hydrogens (tertiary/aromatic N) is 1. The van der Waals surface area contributed by atoms with Gasteiger partial charge in [0.05, 0.1) is 12.6 Å². The Labute approximate surface area is 102 Å².